The summed E-state index contributed by atoms with van der Waals surface area (Å²) in [7, 11) is 1.86. The molecule has 0 amide bonds. The summed E-state index contributed by atoms with van der Waals surface area (Å²) >= 11 is 3.23. The van der Waals surface area contributed by atoms with Crippen molar-refractivity contribution in [3.63, 3.8) is 0 Å². The molecule has 0 saturated carbocycles. The van der Waals surface area contributed by atoms with Crippen LogP contribution in [0.3, 0.4) is 0 Å². The second kappa shape index (κ2) is 4.33. The Morgan fingerprint density at radius 1 is 1.47 bits per heavy atom. The molecular formula is C12H11BrN2O2. The van der Waals surface area contributed by atoms with Gasteiger partial charge < -0.3 is 5.11 Å². The maximum atomic E-state index is 11.0. The molecule has 0 atom stereocenters. The SMILES string of the molecule is Cc1c(-c2ccc(Br)c(C(=O)O)c2)cnn1C. The first-order chi connectivity index (χ1) is 8.00. The number of carboxylic acids is 1. The van der Waals surface area contributed by atoms with E-state index in [0.29, 0.717) is 4.47 Å². The van der Waals surface area contributed by atoms with Crippen molar-refractivity contribution in [2.45, 2.75) is 6.92 Å². The van der Waals surface area contributed by atoms with E-state index in [4.69, 9.17) is 5.11 Å². The smallest absolute Gasteiger partial charge is 0.336 e. The van der Waals surface area contributed by atoms with Gasteiger partial charge in [-0.25, -0.2) is 4.79 Å². The van der Waals surface area contributed by atoms with Crippen molar-refractivity contribution in [3.8, 4) is 11.1 Å². The lowest BCUT2D eigenvalue weighted by atomic mass is 10.0. The zero-order valence-corrected chi connectivity index (χ0v) is 11.0. The molecule has 1 aromatic carbocycles. The Morgan fingerprint density at radius 3 is 2.71 bits per heavy atom. The van der Waals surface area contributed by atoms with Gasteiger partial charge in [-0.1, -0.05) is 6.07 Å². The zero-order chi connectivity index (χ0) is 12.6. The van der Waals surface area contributed by atoms with Crippen molar-refractivity contribution >= 4 is 21.9 Å². The minimum absolute atomic E-state index is 0.255. The number of aromatic nitrogens is 2. The summed E-state index contributed by atoms with van der Waals surface area (Å²) in [6, 6.07) is 5.27. The Bertz CT molecular complexity index is 590. The Balaban J connectivity index is 2.58. The van der Waals surface area contributed by atoms with Crippen molar-refractivity contribution in [2.24, 2.45) is 7.05 Å². The van der Waals surface area contributed by atoms with Crippen LogP contribution in [0.1, 0.15) is 16.1 Å². The van der Waals surface area contributed by atoms with Gasteiger partial charge in [0.05, 0.1) is 11.8 Å². The van der Waals surface area contributed by atoms with Crippen LogP contribution in [0.2, 0.25) is 0 Å². The lowest BCUT2D eigenvalue weighted by Gasteiger charge is -2.04. The Labute approximate surface area is 107 Å². The molecule has 0 unspecified atom stereocenters. The third-order valence-electron chi connectivity index (χ3n) is 2.74. The summed E-state index contributed by atoms with van der Waals surface area (Å²) in [5, 5.41) is 13.2. The van der Waals surface area contributed by atoms with Crippen LogP contribution in [-0.2, 0) is 7.05 Å². The van der Waals surface area contributed by atoms with Crippen molar-refractivity contribution in [1.29, 1.82) is 0 Å². The Kier molecular flexibility index (Phi) is 3.02. The molecule has 0 aliphatic rings. The topological polar surface area (TPSA) is 55.1 Å². The zero-order valence-electron chi connectivity index (χ0n) is 9.44. The number of benzene rings is 1. The molecule has 0 aliphatic heterocycles. The van der Waals surface area contributed by atoms with Gasteiger partial charge in [0.25, 0.3) is 0 Å². The number of halogens is 1. The molecule has 17 heavy (non-hydrogen) atoms. The van der Waals surface area contributed by atoms with Crippen LogP contribution >= 0.6 is 15.9 Å². The first-order valence-corrected chi connectivity index (χ1v) is 5.82. The Morgan fingerprint density at radius 2 is 2.18 bits per heavy atom. The van der Waals surface area contributed by atoms with Gasteiger partial charge in [0.2, 0.25) is 0 Å². The van der Waals surface area contributed by atoms with Crippen molar-refractivity contribution < 1.29 is 9.90 Å². The monoisotopic (exact) mass is 294 g/mol. The van der Waals surface area contributed by atoms with E-state index in [-0.39, 0.29) is 5.56 Å². The molecule has 0 radical (unpaired) electrons. The summed E-state index contributed by atoms with van der Waals surface area (Å²) < 4.78 is 2.34. The maximum Gasteiger partial charge on any atom is 0.336 e. The number of rotatable bonds is 2. The fourth-order valence-electron chi connectivity index (χ4n) is 1.64. The maximum absolute atomic E-state index is 11.0. The number of carbonyl (C=O) groups is 1. The van der Waals surface area contributed by atoms with E-state index in [9.17, 15) is 4.79 Å². The number of aryl methyl sites for hydroxylation is 1. The molecule has 4 nitrogen and oxygen atoms in total. The largest absolute Gasteiger partial charge is 0.478 e. The molecule has 1 heterocycles. The van der Waals surface area contributed by atoms with Gasteiger partial charge in [0.15, 0.2) is 0 Å². The fraction of sp³-hybridized carbons (Fsp3) is 0.167. The molecule has 88 valence electrons. The highest BCUT2D eigenvalue weighted by Gasteiger charge is 2.12. The van der Waals surface area contributed by atoms with Crippen LogP contribution in [0, 0.1) is 6.92 Å². The molecule has 0 spiro atoms. The van der Waals surface area contributed by atoms with Crippen molar-refractivity contribution in [1.82, 2.24) is 9.78 Å². The standard InChI is InChI=1S/C12H11BrN2O2/c1-7-10(6-14-15(7)2)8-3-4-11(13)9(5-8)12(16)17/h3-6H,1-2H3,(H,16,17). The summed E-state index contributed by atoms with van der Waals surface area (Å²) in [6.07, 6.45) is 1.74. The van der Waals surface area contributed by atoms with Gasteiger partial charge in [-0.05, 0) is 40.5 Å². The third kappa shape index (κ3) is 2.10. The van der Waals surface area contributed by atoms with Crippen LogP contribution in [0.4, 0.5) is 0 Å². The Hall–Kier alpha value is -1.62. The second-order valence-electron chi connectivity index (χ2n) is 3.77. The van der Waals surface area contributed by atoms with Gasteiger partial charge in [-0.2, -0.15) is 5.10 Å². The van der Waals surface area contributed by atoms with Crippen molar-refractivity contribution in [3.05, 3.63) is 40.1 Å². The predicted molar refractivity (Wildman–Crippen MR) is 68.0 cm³/mol. The highest BCUT2D eigenvalue weighted by molar-refractivity contribution is 9.10. The van der Waals surface area contributed by atoms with Gasteiger partial charge in [0.1, 0.15) is 0 Å². The van der Waals surface area contributed by atoms with E-state index in [1.165, 1.54) is 0 Å². The molecule has 2 rings (SSSR count). The first kappa shape index (κ1) is 11.9. The number of hydrogen-bond donors (Lipinski definition) is 1. The quantitative estimate of drug-likeness (QED) is 0.927. The second-order valence-corrected chi connectivity index (χ2v) is 4.62. The number of aromatic carboxylic acids is 1. The molecule has 5 heteroatoms. The fourth-order valence-corrected chi connectivity index (χ4v) is 2.06. The molecule has 1 aromatic heterocycles. The van der Waals surface area contributed by atoms with Crippen LogP contribution in [-0.4, -0.2) is 20.9 Å². The van der Waals surface area contributed by atoms with E-state index in [2.05, 4.69) is 21.0 Å². The van der Waals surface area contributed by atoms with Gasteiger partial charge >= 0.3 is 5.97 Å². The number of nitrogens with zero attached hydrogens (tertiary/aromatic N) is 2. The minimum atomic E-state index is -0.944. The minimum Gasteiger partial charge on any atom is -0.478 e. The average molecular weight is 295 g/mol. The molecule has 0 bridgehead atoms. The number of carboxylic acid groups (broad SMARTS) is 1. The molecule has 0 saturated heterocycles. The molecule has 1 N–H and O–H groups in total. The lowest BCUT2D eigenvalue weighted by molar-refractivity contribution is 0.0696. The van der Waals surface area contributed by atoms with Crippen LogP contribution < -0.4 is 0 Å². The summed E-state index contributed by atoms with van der Waals surface area (Å²) in [6.45, 7) is 1.95. The van der Waals surface area contributed by atoms with Gasteiger partial charge in [0, 0.05) is 22.8 Å². The molecule has 0 aliphatic carbocycles. The van der Waals surface area contributed by atoms with Gasteiger partial charge in [-0.15, -0.1) is 0 Å². The molecule has 2 aromatic rings. The summed E-state index contributed by atoms with van der Waals surface area (Å²) in [5.41, 5.74) is 3.06. The molecule has 0 fully saturated rings. The van der Waals surface area contributed by atoms with E-state index in [1.807, 2.05) is 20.0 Å². The van der Waals surface area contributed by atoms with Crippen LogP contribution in [0.15, 0.2) is 28.9 Å². The van der Waals surface area contributed by atoms with Crippen LogP contribution in [0.25, 0.3) is 11.1 Å². The summed E-state index contributed by atoms with van der Waals surface area (Å²) in [4.78, 5) is 11.0. The third-order valence-corrected chi connectivity index (χ3v) is 3.43. The normalized spacial score (nSPS) is 10.5. The average Bonchev–Trinajstić information content (AvgIpc) is 2.60. The molecular weight excluding hydrogens is 284 g/mol. The van der Waals surface area contributed by atoms with E-state index < -0.39 is 5.97 Å². The highest BCUT2D eigenvalue weighted by atomic mass is 79.9. The van der Waals surface area contributed by atoms with E-state index >= 15 is 0 Å². The predicted octanol–water partition coefficient (Wildman–Crippen LogP) is 2.86. The van der Waals surface area contributed by atoms with Crippen LogP contribution in [0.5, 0.6) is 0 Å². The van der Waals surface area contributed by atoms with E-state index in [1.54, 1.807) is 23.0 Å². The highest BCUT2D eigenvalue weighted by Crippen LogP contribution is 2.27. The number of hydrogen-bond acceptors (Lipinski definition) is 2. The first-order valence-electron chi connectivity index (χ1n) is 5.02. The van der Waals surface area contributed by atoms with Gasteiger partial charge in [-0.3, -0.25) is 4.68 Å². The van der Waals surface area contributed by atoms with E-state index in [0.717, 1.165) is 16.8 Å². The van der Waals surface area contributed by atoms with Crippen molar-refractivity contribution in [2.75, 3.05) is 0 Å². The summed E-state index contributed by atoms with van der Waals surface area (Å²) in [5.74, 6) is -0.944. The lowest BCUT2D eigenvalue weighted by Crippen LogP contribution is -1.98.